The van der Waals surface area contributed by atoms with E-state index in [-0.39, 0.29) is 12.4 Å². The fraction of sp³-hybridized carbons (Fsp3) is 0.286. The van der Waals surface area contributed by atoms with Crippen molar-refractivity contribution >= 4 is 22.9 Å². The van der Waals surface area contributed by atoms with Crippen LogP contribution in [-0.2, 0) is 13.2 Å². The van der Waals surface area contributed by atoms with E-state index in [1.807, 2.05) is 50.2 Å². The van der Waals surface area contributed by atoms with Crippen LogP contribution < -0.4 is 10.5 Å². The molecule has 0 bridgehead atoms. The highest BCUT2D eigenvalue weighted by atomic mass is 32.2. The van der Waals surface area contributed by atoms with Crippen LogP contribution in [0.2, 0.25) is 0 Å². The highest BCUT2D eigenvalue weighted by Crippen LogP contribution is 2.22. The summed E-state index contributed by atoms with van der Waals surface area (Å²) >= 11 is 1.46. The van der Waals surface area contributed by atoms with E-state index < -0.39 is 0 Å². The lowest BCUT2D eigenvalue weighted by molar-refractivity contribution is 0.250. The Morgan fingerprint density at radius 2 is 1.97 bits per heavy atom. The van der Waals surface area contributed by atoms with Crippen LogP contribution in [0.1, 0.15) is 23.4 Å². The molecule has 0 aliphatic carbocycles. The lowest BCUT2D eigenvalue weighted by Gasteiger charge is -2.07. The number of hydrogen-bond acceptors (Lipinski definition) is 7. The van der Waals surface area contributed by atoms with E-state index in [0.29, 0.717) is 23.2 Å². The zero-order chi connectivity index (χ0) is 20.2. The first-order chi connectivity index (χ1) is 14.1. The van der Waals surface area contributed by atoms with Gasteiger partial charge in [-0.25, -0.2) is 4.79 Å². The summed E-state index contributed by atoms with van der Waals surface area (Å²) in [6.45, 7) is 4.82. The fourth-order valence-electron chi connectivity index (χ4n) is 2.97. The predicted molar refractivity (Wildman–Crippen MR) is 110 cm³/mol. The number of aromatic nitrogens is 3. The fourth-order valence-corrected chi connectivity index (χ4v) is 3.67. The molecule has 0 unspecified atom stereocenters. The lowest BCUT2D eigenvalue weighted by atomic mass is 10.1. The number of nitrogens with zero attached hydrogens (tertiary/aromatic N) is 3. The lowest BCUT2D eigenvalue weighted by Crippen LogP contribution is -2.14. The normalized spacial score (nSPS) is 11.2. The van der Waals surface area contributed by atoms with Crippen LogP contribution in [0.25, 0.3) is 11.1 Å². The van der Waals surface area contributed by atoms with Crippen molar-refractivity contribution in [2.24, 2.45) is 0 Å². The van der Waals surface area contributed by atoms with Gasteiger partial charge in [0.1, 0.15) is 5.75 Å². The maximum atomic E-state index is 12.0. The molecule has 0 spiro atoms. The molecule has 7 nitrogen and oxygen atoms in total. The molecule has 0 saturated heterocycles. The van der Waals surface area contributed by atoms with E-state index in [4.69, 9.17) is 13.6 Å². The van der Waals surface area contributed by atoms with Gasteiger partial charge in [0.05, 0.1) is 5.52 Å². The second-order valence-corrected chi connectivity index (χ2v) is 7.75. The number of ether oxygens (including phenoxy) is 1. The summed E-state index contributed by atoms with van der Waals surface area (Å²) in [6, 6.07) is 13.5. The molecule has 0 radical (unpaired) electrons. The molecule has 150 valence electrons. The number of thioether (sulfide) groups is 1. The quantitative estimate of drug-likeness (QED) is 0.315. The first-order valence-electron chi connectivity index (χ1n) is 9.34. The first-order valence-corrected chi connectivity index (χ1v) is 10.3. The number of benzene rings is 2. The molecule has 2 aromatic heterocycles. The van der Waals surface area contributed by atoms with E-state index in [0.717, 1.165) is 34.6 Å². The smallest absolute Gasteiger partial charge is 0.419 e. The standard InChI is InChI=1S/C21H21N3O4S/c1-14-8-9-15(2)18(12-14)26-13-19-22-23-20(28-19)29-11-5-10-24-16-6-3-4-7-17(16)27-21(24)25/h3-4,6-9,12H,5,10-11,13H2,1-2H3. The van der Waals surface area contributed by atoms with E-state index in [9.17, 15) is 4.79 Å². The van der Waals surface area contributed by atoms with Gasteiger partial charge in [-0.05, 0) is 49.6 Å². The summed E-state index contributed by atoms with van der Waals surface area (Å²) in [5.41, 5.74) is 3.62. The third-order valence-electron chi connectivity index (χ3n) is 4.47. The summed E-state index contributed by atoms with van der Waals surface area (Å²) in [5, 5.41) is 8.58. The van der Waals surface area contributed by atoms with Gasteiger partial charge in [-0.1, -0.05) is 36.0 Å². The number of fused-ring (bicyclic) bond motifs is 1. The molecule has 0 amide bonds. The minimum Gasteiger partial charge on any atom is -0.484 e. The third kappa shape index (κ3) is 4.54. The van der Waals surface area contributed by atoms with Crippen molar-refractivity contribution in [3.63, 3.8) is 0 Å². The van der Waals surface area contributed by atoms with Crippen LogP contribution in [0.3, 0.4) is 0 Å². The number of hydrogen-bond donors (Lipinski definition) is 0. The molecular weight excluding hydrogens is 390 g/mol. The number of rotatable bonds is 8. The molecule has 4 rings (SSSR count). The molecule has 4 aromatic rings. The van der Waals surface area contributed by atoms with Crippen molar-refractivity contribution in [2.75, 3.05) is 5.75 Å². The molecule has 0 aliphatic rings. The largest absolute Gasteiger partial charge is 0.484 e. The highest BCUT2D eigenvalue weighted by Gasteiger charge is 2.10. The van der Waals surface area contributed by atoms with Crippen LogP contribution in [0.5, 0.6) is 5.75 Å². The van der Waals surface area contributed by atoms with Crippen LogP contribution >= 0.6 is 11.8 Å². The Kier molecular flexibility index (Phi) is 5.71. The van der Waals surface area contributed by atoms with Crippen molar-refractivity contribution in [1.82, 2.24) is 14.8 Å². The summed E-state index contributed by atoms with van der Waals surface area (Å²) in [5.74, 6) is 1.66. The monoisotopic (exact) mass is 411 g/mol. The molecule has 0 saturated carbocycles. The summed E-state index contributed by atoms with van der Waals surface area (Å²) in [4.78, 5) is 12.0. The molecule has 8 heteroatoms. The predicted octanol–water partition coefficient (Wildman–Crippen LogP) is 4.36. The molecule has 2 heterocycles. The second-order valence-electron chi connectivity index (χ2n) is 6.71. The van der Waals surface area contributed by atoms with E-state index >= 15 is 0 Å². The Morgan fingerprint density at radius 3 is 2.86 bits per heavy atom. The summed E-state index contributed by atoms with van der Waals surface area (Å²) < 4.78 is 18.3. The summed E-state index contributed by atoms with van der Waals surface area (Å²) in [6.07, 6.45) is 0.769. The van der Waals surface area contributed by atoms with Gasteiger partial charge in [0.2, 0.25) is 0 Å². The Balaban J connectivity index is 1.28. The first kappa shape index (κ1) is 19.3. The summed E-state index contributed by atoms with van der Waals surface area (Å²) in [7, 11) is 0. The topological polar surface area (TPSA) is 83.3 Å². The maximum Gasteiger partial charge on any atom is 0.419 e. The average molecular weight is 411 g/mol. The van der Waals surface area contributed by atoms with Gasteiger partial charge in [0.25, 0.3) is 11.1 Å². The van der Waals surface area contributed by atoms with Gasteiger partial charge >= 0.3 is 5.76 Å². The minimum atomic E-state index is -0.333. The van der Waals surface area contributed by atoms with Gasteiger partial charge in [0, 0.05) is 12.3 Å². The Labute approximate surface area is 171 Å². The number of oxazole rings is 1. The van der Waals surface area contributed by atoms with Crippen LogP contribution in [0.15, 0.2) is 61.3 Å². The third-order valence-corrected chi connectivity index (χ3v) is 5.37. The van der Waals surface area contributed by atoms with Gasteiger partial charge < -0.3 is 13.6 Å². The Morgan fingerprint density at radius 1 is 1.10 bits per heavy atom. The van der Waals surface area contributed by atoms with Gasteiger partial charge in [-0.2, -0.15) is 0 Å². The van der Waals surface area contributed by atoms with Crippen LogP contribution in [0, 0.1) is 13.8 Å². The molecule has 0 fully saturated rings. The van der Waals surface area contributed by atoms with Crippen molar-refractivity contribution in [3.05, 3.63) is 70.0 Å². The number of para-hydroxylation sites is 2. The zero-order valence-corrected chi connectivity index (χ0v) is 17.1. The molecule has 29 heavy (non-hydrogen) atoms. The van der Waals surface area contributed by atoms with Gasteiger partial charge in [-0.3, -0.25) is 4.57 Å². The Hall–Kier alpha value is -3.00. The van der Waals surface area contributed by atoms with Crippen molar-refractivity contribution in [1.29, 1.82) is 0 Å². The highest BCUT2D eigenvalue weighted by molar-refractivity contribution is 7.99. The van der Waals surface area contributed by atoms with Gasteiger partial charge in [-0.15, -0.1) is 10.2 Å². The second kappa shape index (κ2) is 8.57. The molecule has 0 N–H and O–H groups in total. The Bertz CT molecular complexity index is 1180. The molecule has 0 aliphatic heterocycles. The minimum absolute atomic E-state index is 0.230. The number of aryl methyl sites for hydroxylation is 3. The van der Waals surface area contributed by atoms with E-state index in [1.54, 1.807) is 10.6 Å². The van der Waals surface area contributed by atoms with Crippen LogP contribution in [-0.4, -0.2) is 20.5 Å². The molecule has 0 atom stereocenters. The van der Waals surface area contributed by atoms with E-state index in [1.165, 1.54) is 11.8 Å². The zero-order valence-electron chi connectivity index (χ0n) is 16.3. The van der Waals surface area contributed by atoms with Crippen molar-refractivity contribution in [2.45, 2.75) is 38.6 Å². The van der Waals surface area contributed by atoms with Crippen molar-refractivity contribution in [3.8, 4) is 5.75 Å². The van der Waals surface area contributed by atoms with Gasteiger partial charge in [0.15, 0.2) is 12.2 Å². The molecular formula is C21H21N3O4S. The maximum absolute atomic E-state index is 12.0. The van der Waals surface area contributed by atoms with Crippen molar-refractivity contribution < 1.29 is 13.6 Å². The SMILES string of the molecule is Cc1ccc(C)c(OCc2nnc(SCCCn3c(=O)oc4ccccc43)o2)c1. The molecule has 2 aromatic carbocycles. The van der Waals surface area contributed by atoms with E-state index in [2.05, 4.69) is 10.2 Å². The average Bonchev–Trinajstić information content (AvgIpc) is 3.29. The van der Waals surface area contributed by atoms with Crippen LogP contribution in [0.4, 0.5) is 0 Å².